The van der Waals surface area contributed by atoms with E-state index in [1.54, 1.807) is 6.92 Å². The van der Waals surface area contributed by atoms with Crippen LogP contribution in [0, 0.1) is 5.92 Å². The third-order valence-electron chi connectivity index (χ3n) is 0.863. The second kappa shape index (κ2) is 4.09. The molecule has 0 heterocycles. The highest BCUT2D eigenvalue weighted by atomic mass is 16.5. The van der Waals surface area contributed by atoms with E-state index in [1.165, 1.54) is 0 Å². The molecule has 0 unspecified atom stereocenters. The van der Waals surface area contributed by atoms with Crippen LogP contribution >= 0.6 is 0 Å². The average molecular weight is 142 g/mol. The summed E-state index contributed by atoms with van der Waals surface area (Å²) in [5, 5.41) is 0. The molecule has 0 spiro atoms. The summed E-state index contributed by atoms with van der Waals surface area (Å²) in [5.41, 5.74) is 0. The molecule has 0 aromatic carbocycles. The first-order valence-corrected chi connectivity index (χ1v) is 3.38. The Morgan fingerprint density at radius 1 is 1.60 bits per heavy atom. The normalized spacial score (nSPS) is 9.60. The Morgan fingerprint density at radius 3 is 2.40 bits per heavy atom. The number of hydrogen-bond acceptors (Lipinski definition) is 2. The zero-order valence-corrected chi connectivity index (χ0v) is 6.81. The van der Waals surface area contributed by atoms with E-state index in [-0.39, 0.29) is 5.97 Å². The standard InChI is InChI=1S/C8H14O2/c1-6(2)5-8(9)10-7(3)4/h6H,3,5H2,1-2,4H3. The van der Waals surface area contributed by atoms with Crippen LogP contribution in [0.5, 0.6) is 0 Å². The van der Waals surface area contributed by atoms with Crippen molar-refractivity contribution >= 4 is 5.97 Å². The van der Waals surface area contributed by atoms with Gasteiger partial charge in [-0.1, -0.05) is 20.4 Å². The van der Waals surface area contributed by atoms with Crippen molar-refractivity contribution in [1.82, 2.24) is 0 Å². The lowest BCUT2D eigenvalue weighted by atomic mass is 10.1. The minimum Gasteiger partial charge on any atom is -0.432 e. The molecule has 0 aromatic heterocycles. The fraction of sp³-hybridized carbons (Fsp3) is 0.625. The van der Waals surface area contributed by atoms with Crippen molar-refractivity contribution in [2.45, 2.75) is 27.2 Å². The number of esters is 1. The van der Waals surface area contributed by atoms with Gasteiger partial charge in [0.25, 0.3) is 0 Å². The lowest BCUT2D eigenvalue weighted by molar-refractivity contribution is -0.140. The highest BCUT2D eigenvalue weighted by molar-refractivity contribution is 5.70. The maximum atomic E-state index is 10.8. The average Bonchev–Trinajstić information content (AvgIpc) is 1.58. The van der Waals surface area contributed by atoms with Crippen molar-refractivity contribution in [1.29, 1.82) is 0 Å². The van der Waals surface area contributed by atoms with Crippen LogP contribution < -0.4 is 0 Å². The predicted molar refractivity (Wildman–Crippen MR) is 40.4 cm³/mol. The molecule has 58 valence electrons. The molecule has 0 N–H and O–H groups in total. The third-order valence-corrected chi connectivity index (χ3v) is 0.863. The zero-order chi connectivity index (χ0) is 8.15. The minimum absolute atomic E-state index is 0.192. The SMILES string of the molecule is C=C(C)OC(=O)CC(C)C. The Balaban J connectivity index is 3.54. The molecule has 0 atom stereocenters. The predicted octanol–water partition coefficient (Wildman–Crippen LogP) is 2.11. The maximum absolute atomic E-state index is 10.8. The van der Waals surface area contributed by atoms with Crippen LogP contribution in [0.15, 0.2) is 12.3 Å². The molecular formula is C8H14O2. The van der Waals surface area contributed by atoms with Gasteiger partial charge in [-0.2, -0.15) is 0 Å². The van der Waals surface area contributed by atoms with E-state index >= 15 is 0 Å². The number of ether oxygens (including phenoxy) is 1. The molecule has 0 bridgehead atoms. The summed E-state index contributed by atoms with van der Waals surface area (Å²) in [7, 11) is 0. The van der Waals surface area contributed by atoms with Crippen molar-refractivity contribution in [3.63, 3.8) is 0 Å². The maximum Gasteiger partial charge on any atom is 0.311 e. The van der Waals surface area contributed by atoms with Gasteiger partial charge in [0.1, 0.15) is 0 Å². The minimum atomic E-state index is -0.192. The number of hydrogen-bond donors (Lipinski definition) is 0. The smallest absolute Gasteiger partial charge is 0.311 e. The first-order valence-electron chi connectivity index (χ1n) is 3.38. The van der Waals surface area contributed by atoms with E-state index in [1.807, 2.05) is 13.8 Å². The molecule has 2 heteroatoms. The lowest BCUT2D eigenvalue weighted by Gasteiger charge is -2.03. The second-order valence-corrected chi connectivity index (χ2v) is 2.77. The van der Waals surface area contributed by atoms with Crippen LogP contribution in [0.4, 0.5) is 0 Å². The van der Waals surface area contributed by atoms with Crippen LogP contribution in [0.3, 0.4) is 0 Å². The van der Waals surface area contributed by atoms with Crippen molar-refractivity contribution in [2.24, 2.45) is 5.92 Å². The Labute approximate surface area is 61.9 Å². The Hall–Kier alpha value is -0.790. The molecule has 0 saturated heterocycles. The van der Waals surface area contributed by atoms with Gasteiger partial charge >= 0.3 is 5.97 Å². The molecule has 0 fully saturated rings. The summed E-state index contributed by atoms with van der Waals surface area (Å²) < 4.78 is 4.73. The fourth-order valence-corrected chi connectivity index (χ4v) is 0.569. The van der Waals surface area contributed by atoms with Crippen molar-refractivity contribution in [2.75, 3.05) is 0 Å². The molecule has 2 nitrogen and oxygen atoms in total. The molecule has 0 rings (SSSR count). The van der Waals surface area contributed by atoms with Crippen LogP contribution in [0.25, 0.3) is 0 Å². The largest absolute Gasteiger partial charge is 0.432 e. The van der Waals surface area contributed by atoms with Gasteiger partial charge in [0.05, 0.1) is 5.76 Å². The highest BCUT2D eigenvalue weighted by Gasteiger charge is 2.05. The first-order chi connectivity index (χ1) is 4.52. The van der Waals surface area contributed by atoms with E-state index in [9.17, 15) is 4.79 Å². The van der Waals surface area contributed by atoms with Crippen molar-refractivity contribution < 1.29 is 9.53 Å². The third kappa shape index (κ3) is 5.35. The van der Waals surface area contributed by atoms with E-state index in [4.69, 9.17) is 4.74 Å². The summed E-state index contributed by atoms with van der Waals surface area (Å²) in [5.74, 6) is 0.625. The summed E-state index contributed by atoms with van der Waals surface area (Å²) in [6.07, 6.45) is 0.465. The molecule has 0 aliphatic rings. The van der Waals surface area contributed by atoms with Crippen LogP contribution in [0.1, 0.15) is 27.2 Å². The van der Waals surface area contributed by atoms with Crippen LogP contribution in [-0.4, -0.2) is 5.97 Å². The van der Waals surface area contributed by atoms with Gasteiger partial charge in [0.2, 0.25) is 0 Å². The van der Waals surface area contributed by atoms with Gasteiger partial charge in [-0.25, -0.2) is 0 Å². The quantitative estimate of drug-likeness (QED) is 0.445. The van der Waals surface area contributed by atoms with Gasteiger partial charge in [0, 0.05) is 6.42 Å². The molecule has 0 amide bonds. The van der Waals surface area contributed by atoms with E-state index < -0.39 is 0 Å². The van der Waals surface area contributed by atoms with Gasteiger partial charge in [-0.05, 0) is 12.8 Å². The van der Waals surface area contributed by atoms with E-state index in [2.05, 4.69) is 6.58 Å². The lowest BCUT2D eigenvalue weighted by Crippen LogP contribution is -2.05. The number of carbonyl (C=O) groups excluding carboxylic acids is 1. The monoisotopic (exact) mass is 142 g/mol. The topological polar surface area (TPSA) is 26.3 Å². The molecule has 0 aliphatic heterocycles. The fourth-order valence-electron chi connectivity index (χ4n) is 0.569. The summed E-state index contributed by atoms with van der Waals surface area (Å²) in [6, 6.07) is 0. The number of carbonyl (C=O) groups is 1. The van der Waals surface area contributed by atoms with Gasteiger partial charge in [-0.15, -0.1) is 0 Å². The number of allylic oxidation sites excluding steroid dienone is 1. The van der Waals surface area contributed by atoms with Crippen molar-refractivity contribution in [3.05, 3.63) is 12.3 Å². The molecule has 10 heavy (non-hydrogen) atoms. The molecule has 0 radical (unpaired) electrons. The van der Waals surface area contributed by atoms with Gasteiger partial charge in [-0.3, -0.25) is 4.79 Å². The Morgan fingerprint density at radius 2 is 2.10 bits per heavy atom. The molecule has 0 aromatic rings. The van der Waals surface area contributed by atoms with E-state index in [0.29, 0.717) is 18.1 Å². The zero-order valence-electron chi connectivity index (χ0n) is 6.81. The highest BCUT2D eigenvalue weighted by Crippen LogP contribution is 2.03. The Kier molecular flexibility index (Phi) is 3.77. The molecule has 0 aliphatic carbocycles. The first kappa shape index (κ1) is 9.21. The number of rotatable bonds is 3. The van der Waals surface area contributed by atoms with Gasteiger partial charge in [0.15, 0.2) is 0 Å². The van der Waals surface area contributed by atoms with Gasteiger partial charge < -0.3 is 4.74 Å². The summed E-state index contributed by atoms with van der Waals surface area (Å²) in [4.78, 5) is 10.8. The Bertz CT molecular complexity index is 136. The molecular weight excluding hydrogens is 128 g/mol. The van der Waals surface area contributed by atoms with E-state index in [0.717, 1.165) is 0 Å². The van der Waals surface area contributed by atoms with Crippen LogP contribution in [0.2, 0.25) is 0 Å². The van der Waals surface area contributed by atoms with Crippen molar-refractivity contribution in [3.8, 4) is 0 Å². The second-order valence-electron chi connectivity index (χ2n) is 2.77. The molecule has 0 saturated carbocycles. The van der Waals surface area contributed by atoms with Crippen LogP contribution in [-0.2, 0) is 9.53 Å². The summed E-state index contributed by atoms with van der Waals surface area (Å²) in [6.45, 7) is 9.07. The summed E-state index contributed by atoms with van der Waals surface area (Å²) >= 11 is 0.